The topological polar surface area (TPSA) is 109 Å². The Morgan fingerprint density at radius 2 is 1.83 bits per heavy atom. The number of hydrogen-bond acceptors (Lipinski definition) is 5. The van der Waals surface area contributed by atoms with Crippen molar-refractivity contribution in [1.82, 2.24) is 21.3 Å². The highest BCUT2D eigenvalue weighted by atomic mass is 35.5. The first-order valence-electron chi connectivity index (χ1n) is 14.6. The summed E-state index contributed by atoms with van der Waals surface area (Å²) in [5, 5.41) is 13.0. The fourth-order valence-corrected chi connectivity index (χ4v) is 5.70. The first-order chi connectivity index (χ1) is 19.8. The lowest BCUT2D eigenvalue weighted by Gasteiger charge is -2.34. The first kappa shape index (κ1) is 30.6. The third-order valence-electron chi connectivity index (χ3n) is 8.03. The predicted molar refractivity (Wildman–Crippen MR) is 162 cm³/mol. The lowest BCUT2D eigenvalue weighted by atomic mass is 9.92. The number of fused-ring (bicyclic) bond motifs is 1. The highest BCUT2D eigenvalue weighted by Gasteiger charge is 2.45. The molecule has 220 valence electrons. The standard InChI is InChI=1S/C32H41ClN4O4/c1-3-22(2)28-30(39)37-32(15-6-7-16-32)31(40)36-26(21-23-10-8-13-25(33)20-23)29(38)35-17-9-12-24-11-4-5-14-27(24)41-19-18-34-28/h4-5,8-14,20,22,26,28,34H,3,6-7,15-19,21H2,1-2H3,(H,35,38)(H,36,40)(H,37,39)/t22?,26-,28-/m0/s1. The van der Waals surface area contributed by atoms with Gasteiger partial charge in [0.05, 0.1) is 6.04 Å². The third-order valence-corrected chi connectivity index (χ3v) is 8.27. The molecular weight excluding hydrogens is 540 g/mol. The molecule has 4 rings (SSSR count). The van der Waals surface area contributed by atoms with Crippen molar-refractivity contribution in [2.24, 2.45) is 5.92 Å². The zero-order chi connectivity index (χ0) is 29.2. The van der Waals surface area contributed by atoms with Gasteiger partial charge in [0, 0.05) is 30.1 Å². The lowest BCUT2D eigenvalue weighted by Crippen LogP contribution is -2.64. The van der Waals surface area contributed by atoms with Gasteiger partial charge in [-0.25, -0.2) is 0 Å². The molecule has 8 nitrogen and oxygen atoms in total. The van der Waals surface area contributed by atoms with Crippen LogP contribution in [0.4, 0.5) is 0 Å². The van der Waals surface area contributed by atoms with E-state index in [-0.39, 0.29) is 36.6 Å². The molecule has 1 fully saturated rings. The number of benzene rings is 2. The molecule has 3 amide bonds. The molecule has 1 heterocycles. The fraction of sp³-hybridized carbons (Fsp3) is 0.469. The van der Waals surface area contributed by atoms with E-state index in [2.05, 4.69) is 21.3 Å². The minimum atomic E-state index is -1.07. The van der Waals surface area contributed by atoms with E-state index < -0.39 is 17.6 Å². The van der Waals surface area contributed by atoms with E-state index >= 15 is 0 Å². The van der Waals surface area contributed by atoms with Gasteiger partial charge in [-0.15, -0.1) is 0 Å². The van der Waals surface area contributed by atoms with Gasteiger partial charge in [-0.2, -0.15) is 0 Å². The van der Waals surface area contributed by atoms with Crippen LogP contribution in [-0.4, -0.2) is 55.0 Å². The zero-order valence-electron chi connectivity index (χ0n) is 23.9. The van der Waals surface area contributed by atoms with Gasteiger partial charge in [0.15, 0.2) is 0 Å². The van der Waals surface area contributed by atoms with E-state index in [0.29, 0.717) is 31.0 Å². The monoisotopic (exact) mass is 580 g/mol. The average molecular weight is 581 g/mol. The molecule has 2 aromatic carbocycles. The second-order valence-electron chi connectivity index (χ2n) is 11.0. The van der Waals surface area contributed by atoms with Crippen LogP contribution in [0.5, 0.6) is 5.75 Å². The summed E-state index contributed by atoms with van der Waals surface area (Å²) >= 11 is 6.21. The Hall–Kier alpha value is -3.36. The van der Waals surface area contributed by atoms with Crippen LogP contribution in [0.2, 0.25) is 5.02 Å². The van der Waals surface area contributed by atoms with Crippen molar-refractivity contribution >= 4 is 35.4 Å². The molecule has 0 saturated heterocycles. The Morgan fingerprint density at radius 1 is 1.05 bits per heavy atom. The molecule has 4 N–H and O–H groups in total. The number of carbonyl (C=O) groups excluding carboxylic acids is 3. The SMILES string of the molecule is CCC(C)[C@@H]1NCCOc2ccccc2C=CCNC(=O)[C@H](Cc2cccc(Cl)c2)NC(=O)C2(CCCC2)NC1=O. The second kappa shape index (κ2) is 14.5. The van der Waals surface area contributed by atoms with Gasteiger partial charge in [-0.3, -0.25) is 14.4 Å². The number of rotatable bonds is 4. The second-order valence-corrected chi connectivity index (χ2v) is 11.4. The van der Waals surface area contributed by atoms with Gasteiger partial charge in [0.25, 0.3) is 0 Å². The molecule has 0 radical (unpaired) electrons. The van der Waals surface area contributed by atoms with E-state index in [0.717, 1.165) is 36.1 Å². The summed E-state index contributed by atoms with van der Waals surface area (Å²) in [5.41, 5.74) is 0.635. The van der Waals surface area contributed by atoms with Crippen molar-refractivity contribution < 1.29 is 19.1 Å². The van der Waals surface area contributed by atoms with Gasteiger partial charge in [0.1, 0.15) is 23.9 Å². The summed E-state index contributed by atoms with van der Waals surface area (Å²) in [5.74, 6) is -0.0940. The van der Waals surface area contributed by atoms with Crippen molar-refractivity contribution in [2.45, 2.75) is 70.0 Å². The number of nitrogens with one attached hydrogen (secondary N) is 4. The molecule has 41 heavy (non-hydrogen) atoms. The third kappa shape index (κ3) is 8.11. The van der Waals surface area contributed by atoms with Crippen LogP contribution in [0, 0.1) is 5.92 Å². The normalized spacial score (nSPS) is 22.9. The van der Waals surface area contributed by atoms with Gasteiger partial charge < -0.3 is 26.0 Å². The smallest absolute Gasteiger partial charge is 0.246 e. The molecule has 3 atom stereocenters. The number of amides is 3. The van der Waals surface area contributed by atoms with Crippen molar-refractivity contribution in [1.29, 1.82) is 0 Å². The summed E-state index contributed by atoms with van der Waals surface area (Å²) in [4.78, 5) is 41.0. The minimum absolute atomic E-state index is 0.0404. The quantitative estimate of drug-likeness (QED) is 0.437. The van der Waals surface area contributed by atoms with Crippen molar-refractivity contribution in [3.63, 3.8) is 0 Å². The molecule has 9 heteroatoms. The van der Waals surface area contributed by atoms with Crippen LogP contribution in [0.1, 0.15) is 57.1 Å². The summed E-state index contributed by atoms with van der Waals surface area (Å²) in [6, 6.07) is 13.6. The molecule has 1 spiro atoms. The molecule has 1 aliphatic heterocycles. The van der Waals surface area contributed by atoms with Gasteiger partial charge >= 0.3 is 0 Å². The molecule has 1 unspecified atom stereocenters. The van der Waals surface area contributed by atoms with E-state index in [4.69, 9.17) is 16.3 Å². The van der Waals surface area contributed by atoms with E-state index in [1.54, 1.807) is 12.1 Å². The number of hydrogen-bond donors (Lipinski definition) is 4. The Labute approximate surface area is 247 Å². The van der Waals surface area contributed by atoms with E-state index in [9.17, 15) is 14.4 Å². The summed E-state index contributed by atoms with van der Waals surface area (Å²) in [7, 11) is 0. The molecule has 2 aromatic rings. The molecule has 1 aliphatic carbocycles. The fourth-order valence-electron chi connectivity index (χ4n) is 5.49. The lowest BCUT2D eigenvalue weighted by molar-refractivity contribution is -0.137. The Balaban J connectivity index is 1.64. The largest absolute Gasteiger partial charge is 0.492 e. The Morgan fingerprint density at radius 3 is 2.59 bits per heavy atom. The maximum atomic E-state index is 13.9. The van der Waals surface area contributed by atoms with Crippen molar-refractivity contribution in [2.75, 3.05) is 19.7 Å². The van der Waals surface area contributed by atoms with Crippen molar-refractivity contribution in [3.8, 4) is 5.75 Å². The Kier molecular flexibility index (Phi) is 10.8. The van der Waals surface area contributed by atoms with Crippen LogP contribution in [-0.2, 0) is 20.8 Å². The van der Waals surface area contributed by atoms with Gasteiger partial charge in [0.2, 0.25) is 17.7 Å². The highest BCUT2D eigenvalue weighted by Crippen LogP contribution is 2.31. The predicted octanol–water partition coefficient (Wildman–Crippen LogP) is 4.02. The minimum Gasteiger partial charge on any atom is -0.492 e. The first-order valence-corrected chi connectivity index (χ1v) is 15.0. The maximum absolute atomic E-state index is 13.9. The van der Waals surface area contributed by atoms with Crippen LogP contribution in [0.3, 0.4) is 0 Å². The van der Waals surface area contributed by atoms with Crippen LogP contribution in [0.25, 0.3) is 6.08 Å². The summed E-state index contributed by atoms with van der Waals surface area (Å²) < 4.78 is 6.05. The van der Waals surface area contributed by atoms with Crippen molar-refractivity contribution in [3.05, 3.63) is 70.8 Å². The van der Waals surface area contributed by atoms with Crippen LogP contribution >= 0.6 is 11.6 Å². The molecule has 2 aliphatic rings. The average Bonchev–Trinajstić information content (AvgIpc) is 3.44. The number of halogens is 1. The summed E-state index contributed by atoms with van der Waals surface area (Å²) in [6.07, 6.45) is 7.49. The van der Waals surface area contributed by atoms with Crippen LogP contribution < -0.4 is 26.0 Å². The van der Waals surface area contributed by atoms with Gasteiger partial charge in [-0.1, -0.05) is 87.2 Å². The molecule has 0 bridgehead atoms. The van der Waals surface area contributed by atoms with E-state index in [1.807, 2.05) is 62.4 Å². The maximum Gasteiger partial charge on any atom is 0.246 e. The van der Waals surface area contributed by atoms with Crippen LogP contribution in [0.15, 0.2) is 54.6 Å². The molecule has 0 aromatic heterocycles. The molecule has 1 saturated carbocycles. The zero-order valence-corrected chi connectivity index (χ0v) is 24.6. The molecular formula is C32H41ClN4O4. The highest BCUT2D eigenvalue weighted by molar-refractivity contribution is 6.30. The Bertz CT molecular complexity index is 1240. The van der Waals surface area contributed by atoms with E-state index in [1.165, 1.54) is 0 Å². The number of para-hydroxylation sites is 1. The van der Waals surface area contributed by atoms with Gasteiger partial charge in [-0.05, 0) is 42.5 Å². The number of ether oxygens (including phenoxy) is 1. The summed E-state index contributed by atoms with van der Waals surface area (Å²) in [6.45, 7) is 5.18. The number of carbonyl (C=O) groups is 3.